The number of carbonyl (C=O) groups is 1. The van der Waals surface area contributed by atoms with Gasteiger partial charge in [0.05, 0.1) is 10.6 Å². The van der Waals surface area contributed by atoms with Gasteiger partial charge in [0.2, 0.25) is 0 Å². The first-order valence-electron chi connectivity index (χ1n) is 8.32. The van der Waals surface area contributed by atoms with Gasteiger partial charge in [0.25, 0.3) is 0 Å². The molecule has 26 heavy (non-hydrogen) atoms. The van der Waals surface area contributed by atoms with E-state index in [0.29, 0.717) is 31.7 Å². The maximum atomic E-state index is 12.7. The van der Waals surface area contributed by atoms with E-state index in [4.69, 9.17) is 16.3 Å². The molecule has 1 aliphatic rings. The Morgan fingerprint density at radius 3 is 2.35 bits per heavy atom. The van der Waals surface area contributed by atoms with Crippen molar-refractivity contribution in [2.24, 2.45) is 0 Å². The molecule has 0 spiro atoms. The quantitative estimate of drug-likeness (QED) is 0.737. The first-order valence-corrected chi connectivity index (χ1v) is 8.70. The highest BCUT2D eigenvalue weighted by atomic mass is 35.5. The van der Waals surface area contributed by atoms with Crippen LogP contribution in [-0.4, -0.2) is 47.8 Å². The van der Waals surface area contributed by atoms with E-state index in [-0.39, 0.29) is 17.2 Å². The van der Waals surface area contributed by atoms with Gasteiger partial charge in [0, 0.05) is 32.4 Å². The zero-order chi connectivity index (χ0) is 19.7. The van der Waals surface area contributed by atoms with Gasteiger partial charge in [-0.05, 0) is 39.7 Å². The van der Waals surface area contributed by atoms with Crippen molar-refractivity contribution in [3.8, 4) is 0 Å². The smallest absolute Gasteiger partial charge is 0.417 e. The summed E-state index contributed by atoms with van der Waals surface area (Å²) in [7, 11) is 1.75. The van der Waals surface area contributed by atoms with Crippen LogP contribution in [0.15, 0.2) is 12.3 Å². The topological polar surface area (TPSA) is 45.7 Å². The Morgan fingerprint density at radius 2 is 1.88 bits per heavy atom. The highest BCUT2D eigenvalue weighted by Gasteiger charge is 2.33. The molecule has 0 N–H and O–H groups in total. The van der Waals surface area contributed by atoms with Gasteiger partial charge in [-0.3, -0.25) is 0 Å². The van der Waals surface area contributed by atoms with E-state index in [1.54, 1.807) is 16.8 Å². The number of anilines is 1. The van der Waals surface area contributed by atoms with E-state index in [2.05, 4.69) is 4.98 Å². The predicted octanol–water partition coefficient (Wildman–Crippen LogP) is 4.59. The number of likely N-dealkylation sites (tertiary alicyclic amines) is 1. The largest absolute Gasteiger partial charge is 0.444 e. The fraction of sp³-hybridized carbons (Fsp3) is 0.647. The Balaban J connectivity index is 2.00. The number of pyridine rings is 1. The molecule has 0 aliphatic carbocycles. The van der Waals surface area contributed by atoms with E-state index in [1.807, 2.05) is 20.8 Å². The second kappa shape index (κ2) is 7.50. The first kappa shape index (κ1) is 20.6. The highest BCUT2D eigenvalue weighted by Crippen LogP contribution is 2.34. The van der Waals surface area contributed by atoms with Crippen LogP contribution in [0, 0.1) is 0 Å². The second-order valence-corrected chi connectivity index (χ2v) is 7.74. The average molecular weight is 394 g/mol. The van der Waals surface area contributed by atoms with Crippen molar-refractivity contribution in [2.45, 2.75) is 51.4 Å². The summed E-state index contributed by atoms with van der Waals surface area (Å²) in [5, 5.41) is -0.0445. The molecule has 5 nitrogen and oxygen atoms in total. The number of rotatable bonds is 2. The Labute approximate surface area is 156 Å². The number of piperidine rings is 1. The second-order valence-electron chi connectivity index (χ2n) is 7.34. The molecule has 146 valence electrons. The fourth-order valence-corrected chi connectivity index (χ4v) is 3.08. The lowest BCUT2D eigenvalue weighted by atomic mass is 10.0. The van der Waals surface area contributed by atoms with Crippen LogP contribution in [0.4, 0.5) is 23.8 Å². The van der Waals surface area contributed by atoms with Gasteiger partial charge in [-0.25, -0.2) is 9.78 Å². The summed E-state index contributed by atoms with van der Waals surface area (Å²) < 4.78 is 43.5. The van der Waals surface area contributed by atoms with Crippen LogP contribution >= 0.6 is 11.6 Å². The summed E-state index contributed by atoms with van der Waals surface area (Å²) >= 11 is 6.01. The molecule has 1 aromatic heterocycles. The van der Waals surface area contributed by atoms with Crippen molar-refractivity contribution >= 4 is 23.5 Å². The lowest BCUT2D eigenvalue weighted by Crippen LogP contribution is -2.47. The monoisotopic (exact) mass is 393 g/mol. The summed E-state index contributed by atoms with van der Waals surface area (Å²) in [4.78, 5) is 19.4. The first-order chi connectivity index (χ1) is 11.9. The maximum absolute atomic E-state index is 12.7. The fourth-order valence-electron chi connectivity index (χ4n) is 2.78. The van der Waals surface area contributed by atoms with Gasteiger partial charge in [-0.2, -0.15) is 13.2 Å². The summed E-state index contributed by atoms with van der Waals surface area (Å²) in [5.74, 6) is 0.301. The third-order valence-corrected chi connectivity index (χ3v) is 4.43. The zero-order valence-electron chi connectivity index (χ0n) is 15.2. The summed E-state index contributed by atoms with van der Waals surface area (Å²) in [6, 6.07) is 0.909. The Bertz CT molecular complexity index is 654. The van der Waals surface area contributed by atoms with Gasteiger partial charge in [0.1, 0.15) is 11.4 Å². The number of carbonyl (C=O) groups excluding carboxylic acids is 1. The number of alkyl halides is 3. The third kappa shape index (κ3) is 5.16. The molecule has 0 aromatic carbocycles. The number of hydrogen-bond donors (Lipinski definition) is 0. The lowest BCUT2D eigenvalue weighted by Gasteiger charge is -2.38. The van der Waals surface area contributed by atoms with Crippen LogP contribution in [0.3, 0.4) is 0 Å². The number of amides is 1. The van der Waals surface area contributed by atoms with E-state index < -0.39 is 17.3 Å². The molecule has 1 amide bonds. The molecular formula is C17H23ClF3N3O2. The molecular weight excluding hydrogens is 371 g/mol. The van der Waals surface area contributed by atoms with E-state index >= 15 is 0 Å². The molecule has 0 radical (unpaired) electrons. The minimum atomic E-state index is -4.48. The van der Waals surface area contributed by atoms with E-state index in [0.717, 1.165) is 12.3 Å². The van der Waals surface area contributed by atoms with Crippen molar-refractivity contribution in [2.75, 3.05) is 25.0 Å². The average Bonchev–Trinajstić information content (AvgIpc) is 2.52. The van der Waals surface area contributed by atoms with Crippen LogP contribution in [-0.2, 0) is 10.9 Å². The summed E-state index contributed by atoms with van der Waals surface area (Å²) in [6.45, 7) is 6.43. The molecule has 9 heteroatoms. The minimum Gasteiger partial charge on any atom is -0.444 e. The van der Waals surface area contributed by atoms with Crippen molar-refractivity contribution < 1.29 is 22.7 Å². The number of nitrogens with zero attached hydrogens (tertiary/aromatic N) is 3. The van der Waals surface area contributed by atoms with Crippen LogP contribution in [0.5, 0.6) is 0 Å². The maximum Gasteiger partial charge on any atom is 0.417 e. The third-order valence-electron chi connectivity index (χ3n) is 4.15. The number of hydrogen-bond acceptors (Lipinski definition) is 4. The zero-order valence-corrected chi connectivity index (χ0v) is 16.0. The van der Waals surface area contributed by atoms with Gasteiger partial charge in [-0.15, -0.1) is 0 Å². The number of aromatic nitrogens is 1. The lowest BCUT2D eigenvalue weighted by molar-refractivity contribution is -0.137. The Kier molecular flexibility index (Phi) is 5.95. The standard InChI is InChI=1S/C17H23ClF3N3O2/c1-16(2,3)26-15(25)24-7-5-12(6-8-24)23(4)14-13(18)9-11(10-22-14)17(19,20)21/h9-10,12H,5-8H2,1-4H3. The molecule has 0 atom stereocenters. The highest BCUT2D eigenvalue weighted by molar-refractivity contribution is 6.33. The molecule has 1 saturated heterocycles. The normalized spacial score (nSPS) is 16.5. The molecule has 1 fully saturated rings. The van der Waals surface area contributed by atoms with Crippen LogP contribution in [0.1, 0.15) is 39.2 Å². The van der Waals surface area contributed by atoms with Crippen LogP contribution in [0.2, 0.25) is 5.02 Å². The van der Waals surface area contributed by atoms with Crippen molar-refractivity contribution in [1.29, 1.82) is 0 Å². The Hall–Kier alpha value is -1.70. The molecule has 2 rings (SSSR count). The number of halogens is 4. The van der Waals surface area contributed by atoms with Gasteiger partial charge in [0.15, 0.2) is 0 Å². The molecule has 0 saturated carbocycles. The van der Waals surface area contributed by atoms with Crippen LogP contribution < -0.4 is 4.90 Å². The SMILES string of the molecule is CN(c1ncc(C(F)(F)F)cc1Cl)C1CCN(C(=O)OC(C)(C)C)CC1. The van der Waals surface area contributed by atoms with E-state index in [9.17, 15) is 18.0 Å². The molecule has 1 aromatic rings. The summed E-state index contributed by atoms with van der Waals surface area (Å²) in [5.41, 5.74) is -1.43. The molecule has 0 bridgehead atoms. The summed E-state index contributed by atoms with van der Waals surface area (Å²) in [6.07, 6.45) is -2.76. The minimum absolute atomic E-state index is 0.0235. The van der Waals surface area contributed by atoms with Crippen molar-refractivity contribution in [1.82, 2.24) is 9.88 Å². The Morgan fingerprint density at radius 1 is 1.31 bits per heavy atom. The molecule has 2 heterocycles. The van der Waals surface area contributed by atoms with E-state index in [1.165, 1.54) is 0 Å². The van der Waals surface area contributed by atoms with Gasteiger partial charge < -0.3 is 14.5 Å². The van der Waals surface area contributed by atoms with Crippen LogP contribution in [0.25, 0.3) is 0 Å². The van der Waals surface area contributed by atoms with Gasteiger partial charge >= 0.3 is 12.3 Å². The van der Waals surface area contributed by atoms with Crippen molar-refractivity contribution in [3.63, 3.8) is 0 Å². The number of ether oxygens (including phenoxy) is 1. The van der Waals surface area contributed by atoms with Gasteiger partial charge in [-0.1, -0.05) is 11.6 Å². The molecule has 1 aliphatic heterocycles. The van der Waals surface area contributed by atoms with Crippen molar-refractivity contribution in [3.05, 3.63) is 22.8 Å². The predicted molar refractivity (Wildman–Crippen MR) is 93.5 cm³/mol. The molecule has 0 unspecified atom stereocenters.